The lowest BCUT2D eigenvalue weighted by Gasteiger charge is -2.09. The molecule has 0 radical (unpaired) electrons. The third kappa shape index (κ3) is 4.89. The SMILES string of the molecule is CSCc1nc2ccccc2n1CC(=O)OCC(=O)Nc1ccc(C)cc1. The van der Waals surface area contributed by atoms with E-state index in [9.17, 15) is 9.59 Å². The quantitative estimate of drug-likeness (QED) is 0.633. The molecular formula is C20H21N3O3S. The number of anilines is 1. The molecule has 0 aliphatic carbocycles. The number of carbonyl (C=O) groups excluding carboxylic acids is 2. The number of fused-ring (bicyclic) bond motifs is 1. The van der Waals surface area contributed by atoms with Gasteiger partial charge in [0.05, 0.1) is 16.8 Å². The molecule has 0 atom stereocenters. The largest absolute Gasteiger partial charge is 0.454 e. The Balaban J connectivity index is 1.60. The minimum atomic E-state index is -0.473. The predicted molar refractivity (Wildman–Crippen MR) is 108 cm³/mol. The van der Waals surface area contributed by atoms with E-state index in [0.717, 1.165) is 22.4 Å². The molecule has 6 nitrogen and oxygen atoms in total. The number of para-hydroxylation sites is 2. The molecule has 0 saturated carbocycles. The fraction of sp³-hybridized carbons (Fsp3) is 0.250. The Morgan fingerprint density at radius 1 is 1.15 bits per heavy atom. The van der Waals surface area contributed by atoms with Crippen LogP contribution in [-0.4, -0.2) is 34.3 Å². The Morgan fingerprint density at radius 3 is 2.63 bits per heavy atom. The second kappa shape index (κ2) is 8.73. The Morgan fingerprint density at radius 2 is 1.89 bits per heavy atom. The number of imidazole rings is 1. The highest BCUT2D eigenvalue weighted by molar-refractivity contribution is 7.97. The average molecular weight is 383 g/mol. The van der Waals surface area contributed by atoms with Gasteiger partial charge in [-0.3, -0.25) is 9.59 Å². The number of aromatic nitrogens is 2. The number of hydrogen-bond acceptors (Lipinski definition) is 5. The minimum Gasteiger partial charge on any atom is -0.454 e. The molecule has 0 bridgehead atoms. The number of ether oxygens (including phenoxy) is 1. The molecule has 1 aromatic heterocycles. The van der Waals surface area contributed by atoms with E-state index in [1.165, 1.54) is 0 Å². The number of aryl methyl sites for hydroxylation is 1. The van der Waals surface area contributed by atoms with Crippen molar-refractivity contribution >= 4 is 40.4 Å². The van der Waals surface area contributed by atoms with Crippen LogP contribution in [0.3, 0.4) is 0 Å². The summed E-state index contributed by atoms with van der Waals surface area (Å²) < 4.78 is 6.99. The van der Waals surface area contributed by atoms with E-state index >= 15 is 0 Å². The van der Waals surface area contributed by atoms with Crippen molar-refractivity contribution in [2.24, 2.45) is 0 Å². The number of nitrogens with zero attached hydrogens (tertiary/aromatic N) is 2. The second-order valence-corrected chi connectivity index (χ2v) is 6.98. The first-order chi connectivity index (χ1) is 13.1. The zero-order valence-corrected chi connectivity index (χ0v) is 16.1. The van der Waals surface area contributed by atoms with Crippen LogP contribution in [0.15, 0.2) is 48.5 Å². The van der Waals surface area contributed by atoms with Crippen molar-refractivity contribution < 1.29 is 14.3 Å². The molecule has 3 rings (SSSR count). The van der Waals surface area contributed by atoms with Gasteiger partial charge in [0.25, 0.3) is 5.91 Å². The van der Waals surface area contributed by atoms with E-state index in [1.807, 2.05) is 54.1 Å². The summed E-state index contributed by atoms with van der Waals surface area (Å²) in [6.45, 7) is 1.67. The molecule has 27 heavy (non-hydrogen) atoms. The van der Waals surface area contributed by atoms with Crippen LogP contribution in [0, 0.1) is 6.92 Å². The summed E-state index contributed by atoms with van der Waals surface area (Å²) in [6, 6.07) is 15.1. The van der Waals surface area contributed by atoms with Crippen LogP contribution in [0.1, 0.15) is 11.4 Å². The van der Waals surface area contributed by atoms with Gasteiger partial charge in [0.2, 0.25) is 0 Å². The average Bonchev–Trinajstić information content (AvgIpc) is 3.00. The van der Waals surface area contributed by atoms with Gasteiger partial charge in [0.15, 0.2) is 6.61 Å². The van der Waals surface area contributed by atoms with Crippen LogP contribution in [0.5, 0.6) is 0 Å². The standard InChI is InChI=1S/C20H21N3O3S/c1-14-7-9-15(10-8-14)21-19(24)12-26-20(25)11-23-17-6-4-3-5-16(17)22-18(23)13-27-2/h3-10H,11-13H2,1-2H3,(H,21,24). The molecule has 7 heteroatoms. The molecule has 0 aliphatic rings. The number of carbonyl (C=O) groups is 2. The van der Waals surface area contributed by atoms with Gasteiger partial charge in [-0.2, -0.15) is 11.8 Å². The second-order valence-electron chi connectivity index (χ2n) is 6.11. The summed E-state index contributed by atoms with van der Waals surface area (Å²) >= 11 is 1.63. The Bertz CT molecular complexity index is 951. The maximum atomic E-state index is 12.3. The Labute approximate surface area is 161 Å². The maximum absolute atomic E-state index is 12.3. The van der Waals surface area contributed by atoms with Crippen molar-refractivity contribution in [3.63, 3.8) is 0 Å². The molecule has 3 aromatic rings. The molecule has 1 heterocycles. The molecular weight excluding hydrogens is 362 g/mol. The molecule has 1 N–H and O–H groups in total. The summed E-state index contributed by atoms with van der Waals surface area (Å²) in [7, 11) is 0. The highest BCUT2D eigenvalue weighted by atomic mass is 32.2. The van der Waals surface area contributed by atoms with E-state index in [1.54, 1.807) is 23.9 Å². The van der Waals surface area contributed by atoms with Crippen LogP contribution < -0.4 is 5.32 Å². The summed E-state index contributed by atoms with van der Waals surface area (Å²) in [5.41, 5.74) is 3.49. The monoisotopic (exact) mass is 383 g/mol. The van der Waals surface area contributed by atoms with Gasteiger partial charge < -0.3 is 14.6 Å². The van der Waals surface area contributed by atoms with E-state index in [0.29, 0.717) is 11.4 Å². The molecule has 2 aromatic carbocycles. The van der Waals surface area contributed by atoms with Gasteiger partial charge >= 0.3 is 5.97 Å². The van der Waals surface area contributed by atoms with Gasteiger partial charge in [0.1, 0.15) is 12.4 Å². The third-order valence-corrected chi connectivity index (χ3v) is 4.54. The van der Waals surface area contributed by atoms with Crippen molar-refractivity contribution in [2.45, 2.75) is 19.2 Å². The van der Waals surface area contributed by atoms with Crippen molar-refractivity contribution in [2.75, 3.05) is 18.2 Å². The molecule has 140 valence electrons. The Kier molecular flexibility index (Phi) is 6.13. The van der Waals surface area contributed by atoms with Gasteiger partial charge in [-0.15, -0.1) is 0 Å². The summed E-state index contributed by atoms with van der Waals surface area (Å²) in [4.78, 5) is 28.8. The third-order valence-electron chi connectivity index (χ3n) is 3.99. The van der Waals surface area contributed by atoms with Crippen molar-refractivity contribution in [3.8, 4) is 0 Å². The smallest absolute Gasteiger partial charge is 0.326 e. The van der Waals surface area contributed by atoms with Crippen LogP contribution in [0.2, 0.25) is 0 Å². The lowest BCUT2D eigenvalue weighted by Crippen LogP contribution is -2.23. The first kappa shape index (κ1) is 19.0. The Hall–Kier alpha value is -2.80. The highest BCUT2D eigenvalue weighted by Crippen LogP contribution is 2.19. The van der Waals surface area contributed by atoms with E-state index < -0.39 is 5.97 Å². The van der Waals surface area contributed by atoms with Gasteiger partial charge in [-0.05, 0) is 37.4 Å². The first-order valence-electron chi connectivity index (χ1n) is 8.52. The topological polar surface area (TPSA) is 73.2 Å². The van der Waals surface area contributed by atoms with Gasteiger partial charge in [0, 0.05) is 5.69 Å². The van der Waals surface area contributed by atoms with Crippen molar-refractivity contribution in [1.29, 1.82) is 0 Å². The lowest BCUT2D eigenvalue weighted by molar-refractivity contribution is -0.147. The van der Waals surface area contributed by atoms with Crippen LogP contribution in [0.4, 0.5) is 5.69 Å². The highest BCUT2D eigenvalue weighted by Gasteiger charge is 2.15. The molecule has 0 unspecified atom stereocenters. The normalized spacial score (nSPS) is 10.7. The number of benzene rings is 2. The predicted octanol–water partition coefficient (Wildman–Crippen LogP) is 3.39. The maximum Gasteiger partial charge on any atom is 0.326 e. The molecule has 0 fully saturated rings. The number of amides is 1. The molecule has 0 aliphatic heterocycles. The van der Waals surface area contributed by atoms with E-state index in [2.05, 4.69) is 10.3 Å². The lowest BCUT2D eigenvalue weighted by atomic mass is 10.2. The van der Waals surface area contributed by atoms with Crippen LogP contribution in [0.25, 0.3) is 11.0 Å². The van der Waals surface area contributed by atoms with Crippen LogP contribution >= 0.6 is 11.8 Å². The van der Waals surface area contributed by atoms with Crippen LogP contribution in [-0.2, 0) is 26.6 Å². The van der Waals surface area contributed by atoms with Crippen molar-refractivity contribution in [1.82, 2.24) is 9.55 Å². The first-order valence-corrected chi connectivity index (χ1v) is 9.91. The van der Waals surface area contributed by atoms with E-state index in [-0.39, 0.29) is 19.1 Å². The number of esters is 1. The molecule has 0 saturated heterocycles. The van der Waals surface area contributed by atoms with Gasteiger partial charge in [-0.25, -0.2) is 4.98 Å². The summed E-state index contributed by atoms with van der Waals surface area (Å²) in [5.74, 6) is 0.659. The van der Waals surface area contributed by atoms with Gasteiger partial charge in [-0.1, -0.05) is 29.8 Å². The number of nitrogens with one attached hydrogen (secondary N) is 1. The zero-order valence-electron chi connectivity index (χ0n) is 15.3. The molecule has 1 amide bonds. The zero-order chi connectivity index (χ0) is 19.2. The van der Waals surface area contributed by atoms with E-state index in [4.69, 9.17) is 4.74 Å². The number of rotatable bonds is 7. The molecule has 0 spiro atoms. The van der Waals surface area contributed by atoms with Crippen molar-refractivity contribution in [3.05, 3.63) is 59.9 Å². The number of hydrogen-bond donors (Lipinski definition) is 1. The summed E-state index contributed by atoms with van der Waals surface area (Å²) in [6.07, 6.45) is 1.98. The minimum absolute atomic E-state index is 0.0220. The fourth-order valence-electron chi connectivity index (χ4n) is 2.70. The number of thioether (sulfide) groups is 1. The fourth-order valence-corrected chi connectivity index (χ4v) is 3.17. The summed E-state index contributed by atoms with van der Waals surface area (Å²) in [5, 5.41) is 2.71.